The number of rotatable bonds is 5. The molecule has 6 rings (SSSR count). The zero-order valence-corrected chi connectivity index (χ0v) is 19.3. The van der Waals surface area contributed by atoms with Crippen molar-refractivity contribution < 1.29 is 14.3 Å². The molecule has 0 amide bonds. The Morgan fingerprint density at radius 2 is 1.39 bits per heavy atom. The number of ether oxygens (including phenoxy) is 1. The highest BCUT2D eigenvalue weighted by molar-refractivity contribution is 6.28. The SMILES string of the molecule is O=C1Oc2ccccc2C2C(/C=C/c3ccccc3)=NN(c3ccccc3)[C@]12C(=O)c1ccccc1. The summed E-state index contributed by atoms with van der Waals surface area (Å²) in [6.45, 7) is 0. The third-order valence-corrected chi connectivity index (χ3v) is 6.64. The molecule has 0 saturated carbocycles. The molecule has 2 heterocycles. The molecule has 0 spiro atoms. The van der Waals surface area contributed by atoms with Gasteiger partial charge in [0.05, 0.1) is 17.3 Å². The van der Waals surface area contributed by atoms with Crippen molar-refractivity contribution in [2.24, 2.45) is 5.10 Å². The molecule has 5 nitrogen and oxygen atoms in total. The average molecular weight is 471 g/mol. The predicted octanol–water partition coefficient (Wildman–Crippen LogP) is 5.90. The number of para-hydroxylation sites is 2. The van der Waals surface area contributed by atoms with Crippen LogP contribution in [0, 0.1) is 0 Å². The lowest BCUT2D eigenvalue weighted by atomic mass is 9.70. The van der Waals surface area contributed by atoms with Gasteiger partial charge in [-0.05, 0) is 29.8 Å². The van der Waals surface area contributed by atoms with E-state index in [4.69, 9.17) is 9.84 Å². The molecule has 5 heteroatoms. The van der Waals surface area contributed by atoms with Crippen molar-refractivity contribution in [3.63, 3.8) is 0 Å². The molecule has 0 radical (unpaired) electrons. The van der Waals surface area contributed by atoms with Gasteiger partial charge in [0.25, 0.3) is 0 Å². The average Bonchev–Trinajstić information content (AvgIpc) is 3.30. The predicted molar refractivity (Wildman–Crippen MR) is 140 cm³/mol. The molecule has 0 aromatic heterocycles. The topological polar surface area (TPSA) is 59.0 Å². The molecule has 174 valence electrons. The molecule has 2 atom stereocenters. The lowest BCUT2D eigenvalue weighted by Gasteiger charge is -2.41. The molecule has 0 fully saturated rings. The highest BCUT2D eigenvalue weighted by Gasteiger charge is 2.66. The number of nitrogens with zero attached hydrogens (tertiary/aromatic N) is 2. The second-order valence-corrected chi connectivity index (χ2v) is 8.74. The monoisotopic (exact) mass is 470 g/mol. The number of benzene rings is 4. The Kier molecular flexibility index (Phi) is 5.30. The largest absolute Gasteiger partial charge is 0.424 e. The zero-order chi connectivity index (χ0) is 24.5. The fraction of sp³-hybridized carbons (Fsp3) is 0.0645. The number of esters is 1. The summed E-state index contributed by atoms with van der Waals surface area (Å²) in [6, 6.07) is 35.4. The highest BCUT2D eigenvalue weighted by atomic mass is 16.5. The van der Waals surface area contributed by atoms with Gasteiger partial charge in [0.15, 0.2) is 0 Å². The first-order valence-corrected chi connectivity index (χ1v) is 11.8. The summed E-state index contributed by atoms with van der Waals surface area (Å²) in [6.07, 6.45) is 3.85. The number of carbonyl (C=O) groups excluding carboxylic acids is 2. The number of hydrogen-bond donors (Lipinski definition) is 0. The smallest absolute Gasteiger partial charge is 0.348 e. The first kappa shape index (κ1) is 21.7. The van der Waals surface area contributed by atoms with E-state index in [0.717, 1.165) is 11.1 Å². The minimum absolute atomic E-state index is 0.358. The minimum Gasteiger partial charge on any atom is -0.424 e. The van der Waals surface area contributed by atoms with Crippen LogP contribution >= 0.6 is 0 Å². The molecule has 2 aliphatic heterocycles. The van der Waals surface area contributed by atoms with Gasteiger partial charge in [-0.3, -0.25) is 4.79 Å². The van der Waals surface area contributed by atoms with E-state index < -0.39 is 17.4 Å². The van der Waals surface area contributed by atoms with Gasteiger partial charge in [0, 0.05) is 11.1 Å². The second kappa shape index (κ2) is 8.78. The number of anilines is 1. The van der Waals surface area contributed by atoms with Crippen LogP contribution in [0.5, 0.6) is 5.75 Å². The number of hydrogen-bond acceptors (Lipinski definition) is 5. The van der Waals surface area contributed by atoms with Crippen molar-refractivity contribution in [2.75, 3.05) is 5.01 Å². The third-order valence-electron chi connectivity index (χ3n) is 6.64. The maximum absolute atomic E-state index is 14.4. The molecule has 2 aliphatic rings. The molecule has 0 N–H and O–H groups in total. The van der Waals surface area contributed by atoms with Gasteiger partial charge in [0.1, 0.15) is 5.75 Å². The molecule has 4 aromatic carbocycles. The van der Waals surface area contributed by atoms with E-state index in [1.54, 1.807) is 35.3 Å². The first-order chi connectivity index (χ1) is 17.7. The van der Waals surface area contributed by atoms with Crippen molar-refractivity contribution >= 4 is 29.2 Å². The lowest BCUT2D eigenvalue weighted by Crippen LogP contribution is -2.63. The van der Waals surface area contributed by atoms with Crippen LogP contribution in [0.15, 0.2) is 126 Å². The molecule has 0 aliphatic carbocycles. The fourth-order valence-electron chi connectivity index (χ4n) is 5.00. The van der Waals surface area contributed by atoms with E-state index in [2.05, 4.69) is 0 Å². The Hall–Kier alpha value is -4.77. The van der Waals surface area contributed by atoms with Crippen LogP contribution < -0.4 is 9.75 Å². The number of ketones is 1. The van der Waals surface area contributed by atoms with E-state index >= 15 is 0 Å². The van der Waals surface area contributed by atoms with Crippen molar-refractivity contribution in [1.29, 1.82) is 0 Å². The minimum atomic E-state index is -1.73. The summed E-state index contributed by atoms with van der Waals surface area (Å²) in [7, 11) is 0. The quantitative estimate of drug-likeness (QED) is 0.158. The van der Waals surface area contributed by atoms with E-state index in [-0.39, 0.29) is 5.78 Å². The number of fused-ring (bicyclic) bond motifs is 3. The molecular formula is C31H22N2O3. The number of hydrazone groups is 1. The normalized spacial score (nSPS) is 20.4. The van der Waals surface area contributed by atoms with Gasteiger partial charge in [-0.2, -0.15) is 5.10 Å². The van der Waals surface area contributed by atoms with Crippen LogP contribution in [0.2, 0.25) is 0 Å². The summed E-state index contributed by atoms with van der Waals surface area (Å²) in [5.74, 6) is -1.22. The van der Waals surface area contributed by atoms with Gasteiger partial charge >= 0.3 is 5.97 Å². The molecule has 0 saturated heterocycles. The molecule has 36 heavy (non-hydrogen) atoms. The van der Waals surface area contributed by atoms with Crippen molar-refractivity contribution in [3.05, 3.63) is 138 Å². The number of allylic oxidation sites excluding steroid dienone is 1. The Bertz CT molecular complexity index is 1500. The summed E-state index contributed by atoms with van der Waals surface area (Å²) >= 11 is 0. The Morgan fingerprint density at radius 1 is 0.778 bits per heavy atom. The maximum Gasteiger partial charge on any atom is 0.348 e. The van der Waals surface area contributed by atoms with Crippen LogP contribution in [0.4, 0.5) is 5.69 Å². The molecule has 1 unspecified atom stereocenters. The van der Waals surface area contributed by atoms with Crippen molar-refractivity contribution in [1.82, 2.24) is 0 Å². The van der Waals surface area contributed by atoms with Crippen molar-refractivity contribution in [3.8, 4) is 5.75 Å². The standard InChI is InChI=1S/C31H22N2O3/c34-29(23-14-6-2-7-15-23)31-28(25-18-10-11-19-27(25)36-30(31)35)26(21-20-22-12-4-1-5-13-22)32-33(31)24-16-8-3-9-17-24/h1-21,28H/b21-20+/t28?,31-/m1/s1. The van der Waals surface area contributed by atoms with E-state index in [1.165, 1.54) is 0 Å². The fourth-order valence-corrected chi connectivity index (χ4v) is 5.00. The van der Waals surface area contributed by atoms with Gasteiger partial charge < -0.3 is 4.74 Å². The summed E-state index contributed by atoms with van der Waals surface area (Å²) in [5, 5.41) is 6.48. The van der Waals surface area contributed by atoms with Gasteiger partial charge in [-0.25, -0.2) is 9.80 Å². The molecule has 0 bridgehead atoms. The van der Waals surface area contributed by atoms with Crippen LogP contribution in [0.3, 0.4) is 0 Å². The van der Waals surface area contributed by atoms with Crippen LogP contribution in [0.25, 0.3) is 6.08 Å². The maximum atomic E-state index is 14.4. The first-order valence-electron chi connectivity index (χ1n) is 11.8. The zero-order valence-electron chi connectivity index (χ0n) is 19.3. The number of carbonyl (C=O) groups is 2. The van der Waals surface area contributed by atoms with E-state index in [9.17, 15) is 9.59 Å². The Morgan fingerprint density at radius 3 is 2.11 bits per heavy atom. The Labute approximate surface area is 209 Å². The van der Waals surface area contributed by atoms with Crippen LogP contribution in [-0.2, 0) is 4.79 Å². The Balaban J connectivity index is 1.61. The summed E-state index contributed by atoms with van der Waals surface area (Å²) in [4.78, 5) is 28.4. The lowest BCUT2D eigenvalue weighted by molar-refractivity contribution is -0.140. The molecular weight excluding hydrogens is 448 g/mol. The van der Waals surface area contributed by atoms with Gasteiger partial charge in [-0.15, -0.1) is 0 Å². The van der Waals surface area contributed by atoms with Gasteiger partial charge in [0.2, 0.25) is 11.3 Å². The van der Waals surface area contributed by atoms with Crippen LogP contribution in [0.1, 0.15) is 27.4 Å². The number of Topliss-reactive ketones (excluding diaryl/α,β-unsaturated/α-hetero) is 1. The highest BCUT2D eigenvalue weighted by Crippen LogP contribution is 2.51. The van der Waals surface area contributed by atoms with Crippen molar-refractivity contribution in [2.45, 2.75) is 11.5 Å². The van der Waals surface area contributed by atoms with Gasteiger partial charge in [-0.1, -0.05) is 103 Å². The van der Waals surface area contributed by atoms with E-state index in [1.807, 2.05) is 97.1 Å². The van der Waals surface area contributed by atoms with Crippen LogP contribution in [-0.4, -0.2) is 23.0 Å². The summed E-state index contributed by atoms with van der Waals surface area (Å²) < 4.78 is 5.86. The molecule has 4 aromatic rings. The van der Waals surface area contributed by atoms with E-state index in [0.29, 0.717) is 22.7 Å². The summed E-state index contributed by atoms with van der Waals surface area (Å²) in [5.41, 5.74) is 1.67. The third kappa shape index (κ3) is 3.36. The second-order valence-electron chi connectivity index (χ2n) is 8.74.